The Morgan fingerprint density at radius 1 is 1.02 bits per heavy atom. The number of ether oxygens (including phenoxy) is 1. The van der Waals surface area contributed by atoms with E-state index in [0.717, 1.165) is 4.90 Å². The van der Waals surface area contributed by atoms with E-state index in [-0.39, 0.29) is 43.0 Å². The maximum atomic E-state index is 15.3. The van der Waals surface area contributed by atoms with Crippen LogP contribution in [0, 0.1) is 23.7 Å². The summed E-state index contributed by atoms with van der Waals surface area (Å²) in [6, 6.07) is 9.66. The van der Waals surface area contributed by atoms with Crippen LogP contribution in [0.4, 0.5) is 19.0 Å². The second kappa shape index (κ2) is 14.0. The number of halogens is 6. The number of alkyl halides is 3. The van der Waals surface area contributed by atoms with E-state index < -0.39 is 92.9 Å². The fourth-order valence-corrected chi connectivity index (χ4v) is 9.30. The Morgan fingerprint density at radius 2 is 1.73 bits per heavy atom. The highest BCUT2D eigenvalue weighted by Crippen LogP contribution is 2.64. The number of carboxylic acids is 1. The molecule has 3 aromatic rings. The molecule has 1 aromatic heterocycles. The van der Waals surface area contributed by atoms with E-state index in [9.17, 15) is 37.5 Å². The van der Waals surface area contributed by atoms with Crippen molar-refractivity contribution in [2.75, 3.05) is 19.1 Å². The molecule has 2 aliphatic carbocycles. The minimum absolute atomic E-state index is 0.0299. The number of pyridine rings is 1. The van der Waals surface area contributed by atoms with E-state index in [2.05, 4.69) is 10.4 Å². The number of fused-ring (bicyclic) bond motifs is 4. The van der Waals surface area contributed by atoms with Gasteiger partial charge in [0, 0.05) is 30.1 Å². The molecule has 0 bridgehead atoms. The van der Waals surface area contributed by atoms with Gasteiger partial charge in [0.2, 0.25) is 11.8 Å². The topological polar surface area (TPSA) is 166 Å². The van der Waals surface area contributed by atoms with Crippen LogP contribution < -0.4 is 10.2 Å². The number of amides is 4. The molecule has 4 amide bonds. The Balaban J connectivity index is 1.42. The molecule has 3 N–H and O–H groups in total. The van der Waals surface area contributed by atoms with Crippen molar-refractivity contribution in [2.24, 2.45) is 23.7 Å². The summed E-state index contributed by atoms with van der Waals surface area (Å²) in [5.41, 5.74) is 0.693. The lowest BCUT2D eigenvalue weighted by molar-refractivity contribution is -0.142. The first-order chi connectivity index (χ1) is 26.0. The van der Waals surface area contributed by atoms with Gasteiger partial charge in [-0.25, -0.2) is 4.98 Å². The number of nitrogens with one attached hydrogen (secondary N) is 1. The molecule has 4 aliphatic rings. The number of hydrogen-bond acceptors (Lipinski definition) is 9. The number of phenolic OH excluding ortho intramolecular Hbond substituents is 1. The number of likely N-dealkylation sites (tertiary alicyclic amines) is 1. The lowest BCUT2D eigenvalue weighted by Crippen LogP contribution is -2.53. The number of phenols is 1. The summed E-state index contributed by atoms with van der Waals surface area (Å²) >= 11 is 19.1. The minimum atomic E-state index is -4.78. The third-order valence-corrected chi connectivity index (χ3v) is 11.9. The molecule has 1 saturated carbocycles. The largest absolute Gasteiger partial charge is 0.503 e. The highest BCUT2D eigenvalue weighted by Gasteiger charge is 2.70. The van der Waals surface area contributed by atoms with Crippen LogP contribution >= 0.6 is 34.8 Å². The predicted octanol–water partition coefficient (Wildman–Crippen LogP) is 6.62. The van der Waals surface area contributed by atoms with Gasteiger partial charge in [-0.3, -0.25) is 34.3 Å². The van der Waals surface area contributed by atoms with Gasteiger partial charge in [0.25, 0.3) is 11.8 Å². The monoisotopic (exact) mass is 820 g/mol. The Labute approximate surface area is 325 Å². The van der Waals surface area contributed by atoms with Crippen molar-refractivity contribution >= 4 is 70.2 Å². The number of aromatic hydroxyl groups is 1. The molecule has 0 radical (unpaired) electrons. The van der Waals surface area contributed by atoms with E-state index in [1.54, 1.807) is 18.2 Å². The van der Waals surface area contributed by atoms with Crippen LogP contribution in [0.2, 0.25) is 15.1 Å². The first kappa shape index (κ1) is 38.4. The van der Waals surface area contributed by atoms with Crippen molar-refractivity contribution in [3.05, 3.63) is 92.1 Å². The number of rotatable bonds is 9. The molecule has 2 aliphatic heterocycles. The molecule has 288 valence electrons. The summed E-state index contributed by atoms with van der Waals surface area (Å²) in [7, 11) is 1.29. The standard InChI is InChI=1S/C37H30Cl3F3N4O8/c1-55-26-12-16(11-24(39)30(26)50)29-20-8-9-21-28(34(53)46(32(21)51)10-2-3-27(48)49)22(20)14-23-33(52)47(35(54)36(23,29)17-4-6-19(38)7-5-17)45-31-25(40)13-18(15-44-31)37(41,42)43/h4-8,11-13,15,21-23,28-29,50H,2-3,9-10,14H2,1H3,(H,44,45)(H,48,49)/t21-,22+,23-,28-,29-,36+/m0/s1. The van der Waals surface area contributed by atoms with Crippen LogP contribution in [-0.4, -0.2) is 68.4 Å². The van der Waals surface area contributed by atoms with E-state index in [0.29, 0.717) is 39.0 Å². The van der Waals surface area contributed by atoms with E-state index in [1.807, 2.05) is 0 Å². The van der Waals surface area contributed by atoms with Crippen LogP contribution in [0.3, 0.4) is 0 Å². The Morgan fingerprint density at radius 3 is 2.36 bits per heavy atom. The van der Waals surface area contributed by atoms with Crippen LogP contribution in [0.5, 0.6) is 11.5 Å². The normalized spacial score (nSPS) is 26.1. The van der Waals surface area contributed by atoms with Crippen LogP contribution in [0.1, 0.15) is 48.3 Å². The fourth-order valence-electron chi connectivity index (χ4n) is 8.75. The van der Waals surface area contributed by atoms with Gasteiger partial charge < -0.3 is 14.9 Å². The number of aromatic nitrogens is 1. The number of methoxy groups -OCH3 is 1. The highest BCUT2D eigenvalue weighted by molar-refractivity contribution is 6.33. The Hall–Kier alpha value is -4.86. The van der Waals surface area contributed by atoms with Gasteiger partial charge in [-0.2, -0.15) is 18.2 Å². The number of carboxylic acid groups (broad SMARTS) is 1. The van der Waals surface area contributed by atoms with Crippen molar-refractivity contribution in [1.29, 1.82) is 0 Å². The number of aliphatic carboxylic acids is 1. The van der Waals surface area contributed by atoms with Gasteiger partial charge in [0.05, 0.1) is 45.9 Å². The van der Waals surface area contributed by atoms with Crippen molar-refractivity contribution in [3.63, 3.8) is 0 Å². The number of imide groups is 2. The van der Waals surface area contributed by atoms with Gasteiger partial charge in [-0.1, -0.05) is 58.6 Å². The number of allylic oxidation sites excluding steroid dienone is 2. The van der Waals surface area contributed by atoms with Crippen LogP contribution in [-0.2, 0) is 35.6 Å². The quantitative estimate of drug-likeness (QED) is 0.158. The third-order valence-electron chi connectivity index (χ3n) is 11.0. The van der Waals surface area contributed by atoms with Gasteiger partial charge in [0.1, 0.15) is 0 Å². The number of carbonyl (C=O) groups excluding carboxylic acids is 4. The molecule has 0 unspecified atom stereocenters. The predicted molar refractivity (Wildman–Crippen MR) is 190 cm³/mol. The maximum absolute atomic E-state index is 15.3. The summed E-state index contributed by atoms with van der Waals surface area (Å²) in [6.07, 6.45) is -2.81. The number of hydrazine groups is 1. The number of hydrogen-bond donors (Lipinski definition) is 3. The first-order valence-electron chi connectivity index (χ1n) is 17.0. The van der Waals surface area contributed by atoms with E-state index >= 15 is 4.79 Å². The van der Waals surface area contributed by atoms with Gasteiger partial charge in [0.15, 0.2) is 17.3 Å². The molecule has 55 heavy (non-hydrogen) atoms. The van der Waals surface area contributed by atoms with Crippen molar-refractivity contribution in [2.45, 2.75) is 43.2 Å². The molecule has 7 rings (SSSR count). The molecule has 18 heteroatoms. The number of carbonyl (C=O) groups is 5. The van der Waals surface area contributed by atoms with Crippen molar-refractivity contribution in [1.82, 2.24) is 14.9 Å². The zero-order valence-corrected chi connectivity index (χ0v) is 30.8. The summed E-state index contributed by atoms with van der Waals surface area (Å²) < 4.78 is 45.8. The minimum Gasteiger partial charge on any atom is -0.503 e. The summed E-state index contributed by atoms with van der Waals surface area (Å²) in [5, 5.41) is 20.2. The molecule has 2 aromatic carbocycles. The number of nitrogens with zero attached hydrogens (tertiary/aromatic N) is 3. The van der Waals surface area contributed by atoms with Crippen LogP contribution in [0.15, 0.2) is 60.3 Å². The smallest absolute Gasteiger partial charge is 0.417 e. The van der Waals surface area contributed by atoms with Gasteiger partial charge >= 0.3 is 12.1 Å². The Bertz CT molecular complexity index is 2190. The van der Waals surface area contributed by atoms with Crippen molar-refractivity contribution in [3.8, 4) is 11.5 Å². The lowest BCUT2D eigenvalue weighted by atomic mass is 9.49. The Kier molecular flexibility index (Phi) is 9.79. The molecule has 0 spiro atoms. The third kappa shape index (κ3) is 6.16. The van der Waals surface area contributed by atoms with E-state index in [4.69, 9.17) is 44.6 Å². The van der Waals surface area contributed by atoms with E-state index in [1.165, 1.54) is 31.4 Å². The summed E-state index contributed by atoms with van der Waals surface area (Å²) in [5.74, 6) is -9.67. The van der Waals surface area contributed by atoms with Gasteiger partial charge in [-0.05, 0) is 66.6 Å². The molecular weight excluding hydrogens is 792 g/mol. The molecular formula is C37H30Cl3F3N4O8. The fraction of sp³-hybridized carbons (Fsp3) is 0.351. The molecule has 12 nitrogen and oxygen atoms in total. The lowest BCUT2D eigenvalue weighted by Gasteiger charge is -2.50. The molecule has 3 heterocycles. The average Bonchev–Trinajstić information content (AvgIpc) is 3.50. The molecule has 3 fully saturated rings. The van der Waals surface area contributed by atoms with Crippen molar-refractivity contribution < 1.29 is 52.1 Å². The zero-order chi connectivity index (χ0) is 39.7. The first-order valence-corrected chi connectivity index (χ1v) is 18.1. The second-order valence-electron chi connectivity index (χ2n) is 13.8. The summed E-state index contributed by atoms with van der Waals surface area (Å²) in [4.78, 5) is 73.9. The molecule has 2 saturated heterocycles. The molecule has 6 atom stereocenters. The highest BCUT2D eigenvalue weighted by atomic mass is 35.5. The maximum Gasteiger partial charge on any atom is 0.417 e. The zero-order valence-electron chi connectivity index (χ0n) is 28.6. The number of benzene rings is 2. The second-order valence-corrected chi connectivity index (χ2v) is 15.0. The number of anilines is 1. The SMILES string of the molecule is COc1cc([C@H]2C3=CC[C@@H]4C(=O)N(CCCC(=O)O)C(=O)[C@@H]4[C@@H]3C[C@H]3C(=O)N(Nc4ncc(C(F)(F)F)cc4Cl)C(=O)[C@@]23c2ccc(Cl)cc2)cc(Cl)c1O. The summed E-state index contributed by atoms with van der Waals surface area (Å²) in [6.45, 7) is -0.124. The average molecular weight is 822 g/mol. The van der Waals surface area contributed by atoms with Gasteiger partial charge in [-0.15, -0.1) is 0 Å². The van der Waals surface area contributed by atoms with Crippen LogP contribution in [0.25, 0.3) is 0 Å².